The molecule has 0 bridgehead atoms. The Morgan fingerprint density at radius 3 is 0.823 bits per heavy atom. The molecule has 5 nitrogen and oxygen atoms in total. The van der Waals surface area contributed by atoms with E-state index >= 15 is 0 Å². The lowest BCUT2D eigenvalue weighted by molar-refractivity contribution is 1.17. The van der Waals surface area contributed by atoms with Gasteiger partial charge in [0.05, 0.1) is 44.1 Å². The highest BCUT2D eigenvalue weighted by Crippen LogP contribution is 2.44. The number of anilines is 3. The first-order valence-corrected chi connectivity index (χ1v) is 35.1. The molecule has 448 valence electrons. The monoisotopic (exact) mass is 1240 g/mol. The fourth-order valence-corrected chi connectivity index (χ4v) is 21.7. The van der Waals surface area contributed by atoms with Gasteiger partial charge in [-0.25, -0.2) is 0 Å². The maximum Gasteiger partial charge on any atom is 0.184 e. The van der Waals surface area contributed by atoms with Gasteiger partial charge < -0.3 is 23.2 Å². The highest BCUT2D eigenvalue weighted by atomic mass is 28.3. The van der Waals surface area contributed by atoms with Crippen molar-refractivity contribution in [3.05, 3.63) is 358 Å². The summed E-state index contributed by atoms with van der Waals surface area (Å²) in [4.78, 5) is 2.53. The molecule has 15 aromatic carbocycles. The van der Waals surface area contributed by atoms with Gasteiger partial charge >= 0.3 is 0 Å². The van der Waals surface area contributed by atoms with Gasteiger partial charge in [0, 0.05) is 82.9 Å². The molecular weight excluding hydrogens is 1180 g/mol. The summed E-state index contributed by atoms with van der Waals surface area (Å²) in [5.41, 5.74) is 22.2. The van der Waals surface area contributed by atoms with Crippen molar-refractivity contribution in [3.63, 3.8) is 0 Å². The van der Waals surface area contributed by atoms with Crippen LogP contribution in [0.25, 0.3) is 132 Å². The summed E-state index contributed by atoms with van der Waals surface area (Å²) in [6, 6.07) is 134. The number of hydrogen-bond acceptors (Lipinski definition) is 1. The van der Waals surface area contributed by atoms with E-state index in [4.69, 9.17) is 0 Å². The van der Waals surface area contributed by atoms with E-state index < -0.39 is 8.07 Å². The third kappa shape index (κ3) is 7.97. The second kappa shape index (κ2) is 21.3. The summed E-state index contributed by atoms with van der Waals surface area (Å²) in [5.74, 6) is 0. The number of nitrogens with zero attached hydrogens (tertiary/aromatic N) is 5. The van der Waals surface area contributed by atoms with Gasteiger partial charge in [-0.15, -0.1) is 0 Å². The molecule has 0 unspecified atom stereocenters. The van der Waals surface area contributed by atoms with Crippen LogP contribution in [0.2, 0.25) is 0 Å². The van der Waals surface area contributed by atoms with Gasteiger partial charge in [0.15, 0.2) is 8.07 Å². The lowest BCUT2D eigenvalue weighted by atomic mass is 10.0. The van der Waals surface area contributed by atoms with E-state index in [1.54, 1.807) is 0 Å². The van der Waals surface area contributed by atoms with Gasteiger partial charge in [-0.05, 0) is 176 Å². The molecule has 1 aliphatic rings. The van der Waals surface area contributed by atoms with E-state index in [9.17, 15) is 0 Å². The van der Waals surface area contributed by atoms with Gasteiger partial charge in [-0.3, -0.25) is 0 Å². The highest BCUT2D eigenvalue weighted by Gasteiger charge is 2.49. The Labute approximate surface area is 555 Å². The Balaban J connectivity index is 0.739. The standard InChI is InChI=1S/C90H59N5Si/c1-4-26-64(27-5-1)91-87-52-48-67(94-81-42-18-12-36-73(81)74-37-13-19-43-82(74)94)58-89(87)96(69-30-6-2-7-31-69,70-32-8-3-9-33-70)90-59-68(49-53-88(90)91)95-84-45-21-15-39-76(84)78-57-63(47-51-86(78)95)62-46-50-85-77(56-62)75-38-14-20-44-83(75)93(85)66-29-23-25-61(55-66)60-24-22-28-65(54-60)92-79-40-16-10-34-71(79)72-35-11-17-41-80(72)92/h1-59H. The Morgan fingerprint density at radius 1 is 0.177 bits per heavy atom. The molecule has 0 radical (unpaired) electrons. The average Bonchev–Trinajstić information content (AvgIpc) is 1.11. The van der Waals surface area contributed by atoms with Crippen LogP contribution < -0.4 is 25.6 Å². The van der Waals surface area contributed by atoms with Crippen LogP contribution in [0.4, 0.5) is 17.1 Å². The highest BCUT2D eigenvalue weighted by molar-refractivity contribution is 7.21. The molecule has 1 aliphatic heterocycles. The maximum absolute atomic E-state index is 3.24. The SMILES string of the molecule is c1ccc(N2c3ccc(-n4c5ccccc5c5ccccc54)cc3[Si](c3ccccc3)(c3ccccc3)c3cc(-n4c5ccccc5c5cc(-c6ccc7c(c6)c6ccccc6n7-c6cccc(-c7cccc(-n8c9ccccc9c9ccccc98)c7)c6)ccc54)ccc32)cc1. The van der Waals surface area contributed by atoms with Crippen molar-refractivity contribution >= 4 is 133 Å². The van der Waals surface area contributed by atoms with Crippen LogP contribution in [0.1, 0.15) is 0 Å². The topological polar surface area (TPSA) is 23.0 Å². The van der Waals surface area contributed by atoms with Crippen molar-refractivity contribution in [2.45, 2.75) is 0 Å². The van der Waals surface area contributed by atoms with Crippen molar-refractivity contribution in [2.24, 2.45) is 0 Å². The predicted molar refractivity (Wildman–Crippen MR) is 407 cm³/mol. The third-order valence-electron chi connectivity index (χ3n) is 20.6. The molecule has 0 amide bonds. The molecule has 96 heavy (non-hydrogen) atoms. The molecule has 19 aromatic rings. The number of rotatable bonds is 9. The first-order chi connectivity index (χ1) is 47.6. The Bertz CT molecular complexity index is 6200. The summed E-state index contributed by atoms with van der Waals surface area (Å²) in [6.45, 7) is 0. The second-order valence-electron chi connectivity index (χ2n) is 25.6. The summed E-state index contributed by atoms with van der Waals surface area (Å²) in [7, 11) is -3.24. The zero-order chi connectivity index (χ0) is 63.0. The van der Waals surface area contributed by atoms with Crippen LogP contribution in [0, 0.1) is 0 Å². The van der Waals surface area contributed by atoms with E-state index in [1.165, 1.54) is 136 Å². The first kappa shape index (κ1) is 54.1. The Kier molecular flexibility index (Phi) is 12.0. The molecule has 4 aromatic heterocycles. The van der Waals surface area contributed by atoms with Gasteiger partial charge in [-0.1, -0.05) is 224 Å². The zero-order valence-corrected chi connectivity index (χ0v) is 53.3. The van der Waals surface area contributed by atoms with Crippen molar-refractivity contribution in [1.82, 2.24) is 18.3 Å². The quantitative estimate of drug-likeness (QED) is 0.132. The van der Waals surface area contributed by atoms with Crippen LogP contribution in [-0.2, 0) is 0 Å². The Morgan fingerprint density at radius 2 is 0.458 bits per heavy atom. The van der Waals surface area contributed by atoms with Crippen molar-refractivity contribution < 1.29 is 0 Å². The van der Waals surface area contributed by atoms with E-state index in [1.807, 2.05) is 0 Å². The molecule has 0 N–H and O–H groups in total. The molecular formula is C90H59N5Si. The maximum atomic E-state index is 2.57. The third-order valence-corrected chi connectivity index (χ3v) is 25.4. The average molecular weight is 1240 g/mol. The van der Waals surface area contributed by atoms with Gasteiger partial charge in [0.1, 0.15) is 0 Å². The minimum absolute atomic E-state index is 1.12. The van der Waals surface area contributed by atoms with Gasteiger partial charge in [0.2, 0.25) is 0 Å². The largest absolute Gasteiger partial charge is 0.311 e. The van der Waals surface area contributed by atoms with Crippen LogP contribution in [0.15, 0.2) is 358 Å². The molecule has 0 fully saturated rings. The second-order valence-corrected chi connectivity index (χ2v) is 29.3. The number of benzene rings is 15. The lowest BCUT2D eigenvalue weighted by Gasteiger charge is -2.45. The van der Waals surface area contributed by atoms with E-state index in [-0.39, 0.29) is 0 Å². The minimum Gasteiger partial charge on any atom is -0.311 e. The van der Waals surface area contributed by atoms with E-state index in [0.717, 1.165) is 34.0 Å². The molecule has 0 atom stereocenters. The van der Waals surface area contributed by atoms with E-state index in [2.05, 4.69) is 381 Å². The summed E-state index contributed by atoms with van der Waals surface area (Å²) < 4.78 is 9.85. The zero-order valence-electron chi connectivity index (χ0n) is 52.3. The molecule has 5 heterocycles. The van der Waals surface area contributed by atoms with Crippen molar-refractivity contribution in [2.75, 3.05) is 4.90 Å². The molecule has 6 heteroatoms. The lowest BCUT2D eigenvalue weighted by Crippen LogP contribution is -2.77. The summed E-state index contributed by atoms with van der Waals surface area (Å²) in [6.07, 6.45) is 0. The molecule has 0 aliphatic carbocycles. The van der Waals surface area contributed by atoms with Crippen LogP contribution >= 0.6 is 0 Å². The van der Waals surface area contributed by atoms with Crippen LogP contribution in [-0.4, -0.2) is 26.3 Å². The summed E-state index contributed by atoms with van der Waals surface area (Å²) >= 11 is 0. The van der Waals surface area contributed by atoms with Crippen molar-refractivity contribution in [3.8, 4) is 45.0 Å². The number of hydrogen-bond donors (Lipinski definition) is 0. The van der Waals surface area contributed by atoms with Crippen LogP contribution in [0.3, 0.4) is 0 Å². The summed E-state index contributed by atoms with van der Waals surface area (Å²) in [5, 5.41) is 15.2. The van der Waals surface area contributed by atoms with E-state index in [0.29, 0.717) is 0 Å². The van der Waals surface area contributed by atoms with Crippen molar-refractivity contribution in [1.29, 1.82) is 0 Å². The molecule has 0 spiro atoms. The van der Waals surface area contributed by atoms with Crippen LogP contribution in [0.5, 0.6) is 0 Å². The fraction of sp³-hybridized carbons (Fsp3) is 0. The normalized spacial score (nSPS) is 12.9. The van der Waals surface area contributed by atoms with Gasteiger partial charge in [-0.2, -0.15) is 0 Å². The molecule has 0 saturated heterocycles. The predicted octanol–water partition coefficient (Wildman–Crippen LogP) is 20.6. The number of aromatic nitrogens is 4. The number of para-hydroxylation sites is 7. The fourth-order valence-electron chi connectivity index (χ4n) is 16.5. The minimum atomic E-state index is -3.24. The van der Waals surface area contributed by atoms with Gasteiger partial charge in [0.25, 0.3) is 0 Å². The molecule has 20 rings (SSSR count). The first-order valence-electron chi connectivity index (χ1n) is 33.1. The number of fused-ring (bicyclic) bond motifs is 14. The molecule has 0 saturated carbocycles. The smallest absolute Gasteiger partial charge is 0.184 e. The Hall–Kier alpha value is -12.5.